The summed E-state index contributed by atoms with van der Waals surface area (Å²) in [7, 11) is 1.00. The van der Waals surface area contributed by atoms with Gasteiger partial charge in [0.15, 0.2) is 17.4 Å². The Kier molecular flexibility index (Phi) is 3.69. The molecule has 7 heteroatoms. The van der Waals surface area contributed by atoms with Crippen molar-refractivity contribution in [1.82, 2.24) is 0 Å². The molecule has 88 valence electrons. The Hall–Kier alpha value is -1.37. The van der Waals surface area contributed by atoms with Gasteiger partial charge >= 0.3 is 0 Å². The molecule has 0 aliphatic heterocycles. The van der Waals surface area contributed by atoms with Gasteiger partial charge in [-0.05, 0) is 6.92 Å². The van der Waals surface area contributed by atoms with Crippen LogP contribution in [0, 0.1) is 17.5 Å². The van der Waals surface area contributed by atoms with Gasteiger partial charge in [-0.3, -0.25) is 0 Å². The Bertz CT molecular complexity index is 434. The SMILES string of the molecule is COc1c(F)c(F)c(C(C)=NO)c(S)c1F. The predicted molar refractivity (Wildman–Crippen MR) is 54.1 cm³/mol. The molecule has 1 aromatic carbocycles. The Labute approximate surface area is 94.9 Å². The second kappa shape index (κ2) is 4.65. The van der Waals surface area contributed by atoms with Crippen molar-refractivity contribution in [1.29, 1.82) is 0 Å². The van der Waals surface area contributed by atoms with Crippen LogP contribution in [-0.2, 0) is 0 Å². The monoisotopic (exact) mass is 251 g/mol. The Balaban J connectivity index is 3.67. The van der Waals surface area contributed by atoms with Crippen LogP contribution in [0.15, 0.2) is 10.1 Å². The molecule has 3 nitrogen and oxygen atoms in total. The highest BCUT2D eigenvalue weighted by Gasteiger charge is 2.25. The first-order valence-corrected chi connectivity index (χ1v) is 4.52. The van der Waals surface area contributed by atoms with Crippen molar-refractivity contribution in [3.8, 4) is 5.75 Å². The Morgan fingerprint density at radius 1 is 1.25 bits per heavy atom. The van der Waals surface area contributed by atoms with Gasteiger partial charge in [-0.15, -0.1) is 12.6 Å². The average molecular weight is 251 g/mol. The zero-order valence-electron chi connectivity index (χ0n) is 8.38. The van der Waals surface area contributed by atoms with E-state index in [9.17, 15) is 13.2 Å². The number of halogens is 3. The maximum absolute atomic E-state index is 13.5. The summed E-state index contributed by atoms with van der Waals surface area (Å²) in [5, 5.41) is 11.1. The van der Waals surface area contributed by atoms with E-state index in [1.165, 1.54) is 6.92 Å². The van der Waals surface area contributed by atoms with E-state index in [-0.39, 0.29) is 5.71 Å². The van der Waals surface area contributed by atoms with Crippen LogP contribution in [0.5, 0.6) is 5.75 Å². The molecule has 1 N–H and O–H groups in total. The zero-order chi connectivity index (χ0) is 12.5. The Morgan fingerprint density at radius 3 is 2.25 bits per heavy atom. The summed E-state index contributed by atoms with van der Waals surface area (Å²) in [5.74, 6) is -4.88. The molecule has 0 amide bonds. The number of oxime groups is 1. The summed E-state index contributed by atoms with van der Waals surface area (Å²) in [6, 6.07) is 0. The molecule has 0 radical (unpaired) electrons. The Morgan fingerprint density at radius 2 is 1.81 bits per heavy atom. The second-order valence-corrected chi connectivity index (χ2v) is 3.33. The molecule has 0 atom stereocenters. The molecule has 0 heterocycles. The van der Waals surface area contributed by atoms with Crippen molar-refractivity contribution in [2.24, 2.45) is 5.16 Å². The first-order chi connectivity index (χ1) is 7.45. The van der Waals surface area contributed by atoms with Crippen molar-refractivity contribution < 1.29 is 23.1 Å². The van der Waals surface area contributed by atoms with E-state index >= 15 is 0 Å². The predicted octanol–water partition coefficient (Wildman–Crippen LogP) is 2.60. The minimum Gasteiger partial charge on any atom is -0.491 e. The van der Waals surface area contributed by atoms with E-state index in [0.29, 0.717) is 0 Å². The lowest BCUT2D eigenvalue weighted by atomic mass is 10.1. The minimum absolute atomic E-state index is 0.289. The van der Waals surface area contributed by atoms with Crippen molar-refractivity contribution in [3.05, 3.63) is 23.0 Å². The highest BCUT2D eigenvalue weighted by Crippen LogP contribution is 2.33. The summed E-state index contributed by atoms with van der Waals surface area (Å²) in [6.45, 7) is 1.18. The van der Waals surface area contributed by atoms with E-state index in [2.05, 4.69) is 22.5 Å². The molecule has 1 aromatic rings. The van der Waals surface area contributed by atoms with Gasteiger partial charge in [-0.1, -0.05) is 5.16 Å². The smallest absolute Gasteiger partial charge is 0.204 e. The number of nitrogens with zero attached hydrogens (tertiary/aromatic N) is 1. The van der Waals surface area contributed by atoms with Gasteiger partial charge in [0, 0.05) is 0 Å². The maximum Gasteiger partial charge on any atom is 0.204 e. The van der Waals surface area contributed by atoms with Gasteiger partial charge in [0.2, 0.25) is 5.82 Å². The topological polar surface area (TPSA) is 41.8 Å². The van der Waals surface area contributed by atoms with E-state index < -0.39 is 33.7 Å². The van der Waals surface area contributed by atoms with E-state index in [0.717, 1.165) is 7.11 Å². The first-order valence-electron chi connectivity index (χ1n) is 4.08. The van der Waals surface area contributed by atoms with Crippen LogP contribution in [0.1, 0.15) is 12.5 Å². The molecule has 0 saturated heterocycles. The molecule has 0 saturated carbocycles. The van der Waals surface area contributed by atoms with Gasteiger partial charge < -0.3 is 9.94 Å². The highest BCUT2D eigenvalue weighted by molar-refractivity contribution is 7.80. The van der Waals surface area contributed by atoms with Crippen molar-refractivity contribution >= 4 is 18.3 Å². The minimum atomic E-state index is -1.49. The average Bonchev–Trinajstić information content (AvgIpc) is 2.27. The van der Waals surface area contributed by atoms with Gasteiger partial charge in [0.25, 0.3) is 0 Å². The molecule has 16 heavy (non-hydrogen) atoms. The molecule has 0 aromatic heterocycles. The second-order valence-electron chi connectivity index (χ2n) is 2.88. The van der Waals surface area contributed by atoms with Crippen LogP contribution < -0.4 is 4.74 Å². The van der Waals surface area contributed by atoms with Gasteiger partial charge in [-0.25, -0.2) is 8.78 Å². The van der Waals surface area contributed by atoms with Crippen molar-refractivity contribution in [3.63, 3.8) is 0 Å². The number of hydrogen-bond acceptors (Lipinski definition) is 4. The van der Waals surface area contributed by atoms with Crippen LogP contribution >= 0.6 is 12.6 Å². The standard InChI is InChI=1S/C9H8F3NO2S/c1-3(13-14)4-5(10)6(11)8(15-2)7(12)9(4)16/h14,16H,1-2H3. The summed E-state index contributed by atoms with van der Waals surface area (Å²) >= 11 is 3.69. The number of methoxy groups -OCH3 is 1. The van der Waals surface area contributed by atoms with Crippen molar-refractivity contribution in [2.45, 2.75) is 11.8 Å². The third-order valence-corrected chi connectivity index (χ3v) is 2.39. The fraction of sp³-hybridized carbons (Fsp3) is 0.222. The lowest BCUT2D eigenvalue weighted by molar-refractivity contribution is 0.317. The summed E-state index contributed by atoms with van der Waals surface area (Å²) in [4.78, 5) is -0.481. The number of rotatable bonds is 2. The van der Waals surface area contributed by atoms with Gasteiger partial charge in [-0.2, -0.15) is 4.39 Å². The lowest BCUT2D eigenvalue weighted by Gasteiger charge is -2.11. The van der Waals surface area contributed by atoms with Crippen LogP contribution in [-0.4, -0.2) is 18.0 Å². The zero-order valence-corrected chi connectivity index (χ0v) is 9.28. The van der Waals surface area contributed by atoms with E-state index in [4.69, 9.17) is 5.21 Å². The van der Waals surface area contributed by atoms with Gasteiger partial charge in [0.05, 0.1) is 23.3 Å². The largest absolute Gasteiger partial charge is 0.491 e. The van der Waals surface area contributed by atoms with Gasteiger partial charge in [0.1, 0.15) is 0 Å². The van der Waals surface area contributed by atoms with Crippen LogP contribution in [0.4, 0.5) is 13.2 Å². The molecule has 0 bridgehead atoms. The van der Waals surface area contributed by atoms with Crippen LogP contribution in [0.25, 0.3) is 0 Å². The lowest BCUT2D eigenvalue weighted by Crippen LogP contribution is -2.08. The number of benzene rings is 1. The molecule has 0 aliphatic rings. The fourth-order valence-electron chi connectivity index (χ4n) is 1.19. The maximum atomic E-state index is 13.5. The van der Waals surface area contributed by atoms with Crippen LogP contribution in [0.2, 0.25) is 0 Å². The number of ether oxygens (including phenoxy) is 1. The highest BCUT2D eigenvalue weighted by atomic mass is 32.1. The van der Waals surface area contributed by atoms with E-state index in [1.807, 2.05) is 0 Å². The summed E-state index contributed by atoms with van der Waals surface area (Å²) in [5.41, 5.74) is -0.829. The van der Waals surface area contributed by atoms with Crippen molar-refractivity contribution in [2.75, 3.05) is 7.11 Å². The first kappa shape index (κ1) is 12.7. The molecule has 0 unspecified atom stereocenters. The third kappa shape index (κ3) is 1.82. The quantitative estimate of drug-likeness (QED) is 0.279. The van der Waals surface area contributed by atoms with Crippen LogP contribution in [0.3, 0.4) is 0 Å². The summed E-state index contributed by atoms with van der Waals surface area (Å²) in [6.07, 6.45) is 0. The summed E-state index contributed by atoms with van der Waals surface area (Å²) < 4.78 is 44.6. The molecular weight excluding hydrogens is 243 g/mol. The molecule has 0 fully saturated rings. The fourth-order valence-corrected chi connectivity index (χ4v) is 1.55. The number of hydrogen-bond donors (Lipinski definition) is 2. The molecular formula is C9H8F3NO2S. The molecule has 1 rings (SSSR count). The molecule has 0 spiro atoms. The third-order valence-electron chi connectivity index (χ3n) is 1.97. The normalized spacial score (nSPS) is 11.8. The number of thiol groups is 1. The molecule has 0 aliphatic carbocycles. The van der Waals surface area contributed by atoms with E-state index in [1.54, 1.807) is 0 Å².